The summed E-state index contributed by atoms with van der Waals surface area (Å²) in [6, 6.07) is 15.6. The first-order valence-corrected chi connectivity index (χ1v) is 9.94. The van der Waals surface area contributed by atoms with E-state index < -0.39 is 6.61 Å². The Balaban J connectivity index is 0.00000240. The molecular formula is C23H26BrF2N2O+. The van der Waals surface area contributed by atoms with E-state index in [1.807, 2.05) is 12.1 Å². The molecule has 6 heteroatoms. The Hall–Kier alpha value is -2.21. The number of rotatable bonds is 5. The van der Waals surface area contributed by atoms with Crippen LogP contribution in [0.15, 0.2) is 54.7 Å². The third kappa shape index (κ3) is 4.69. The largest absolute Gasteiger partial charge is 0.435 e. The fraction of sp³-hybridized carbons (Fsp3) is 0.348. The summed E-state index contributed by atoms with van der Waals surface area (Å²) in [6.07, 6.45) is 7.83. The second-order valence-electron chi connectivity index (χ2n) is 7.19. The zero-order valence-electron chi connectivity index (χ0n) is 16.5. The highest BCUT2D eigenvalue weighted by Crippen LogP contribution is 2.28. The normalized spacial score (nSPS) is 13.5. The molecule has 0 unspecified atom stereocenters. The van der Waals surface area contributed by atoms with E-state index in [1.54, 1.807) is 12.1 Å². The first-order chi connectivity index (χ1) is 13.7. The van der Waals surface area contributed by atoms with Gasteiger partial charge in [0.25, 0.3) is 5.82 Å². The maximum Gasteiger partial charge on any atom is 0.387 e. The van der Waals surface area contributed by atoms with Crippen molar-refractivity contribution < 1.29 is 18.1 Å². The van der Waals surface area contributed by atoms with Gasteiger partial charge >= 0.3 is 6.61 Å². The van der Waals surface area contributed by atoms with Gasteiger partial charge in [-0.25, -0.2) is 4.57 Å². The molecule has 0 amide bonds. The van der Waals surface area contributed by atoms with Gasteiger partial charge in [-0.3, -0.25) is 0 Å². The van der Waals surface area contributed by atoms with Gasteiger partial charge in [-0.15, -0.1) is 17.0 Å². The van der Waals surface area contributed by atoms with Crippen molar-refractivity contribution >= 4 is 17.0 Å². The molecule has 0 atom stereocenters. The van der Waals surface area contributed by atoms with Crippen molar-refractivity contribution in [2.24, 2.45) is 0 Å². The Kier molecular flexibility index (Phi) is 7.06. The molecule has 0 saturated heterocycles. The standard InChI is InChI=1S/C23H25F2N2O.BrH/c1-2-17-7-11-19(12-8-17)27-21(16-26-15-5-3-4-6-22(26)27)18-9-13-20(14-10-18)28-23(24)25;/h7-14,16,23H,2-6,15H2,1H3;1H/q+1;. The fourth-order valence-corrected chi connectivity index (χ4v) is 3.92. The molecule has 2 aromatic carbocycles. The quantitative estimate of drug-likeness (QED) is 0.430. The molecule has 0 bridgehead atoms. The lowest BCUT2D eigenvalue weighted by molar-refractivity contribution is -0.702. The molecule has 0 saturated carbocycles. The van der Waals surface area contributed by atoms with Crippen LogP contribution in [0.5, 0.6) is 5.75 Å². The van der Waals surface area contributed by atoms with Crippen molar-refractivity contribution in [2.45, 2.75) is 52.2 Å². The molecule has 3 nitrogen and oxygen atoms in total. The van der Waals surface area contributed by atoms with E-state index in [9.17, 15) is 8.78 Å². The number of benzene rings is 2. The number of alkyl halides is 2. The molecule has 1 aliphatic heterocycles. The molecule has 0 spiro atoms. The summed E-state index contributed by atoms with van der Waals surface area (Å²) < 4.78 is 34.1. The summed E-state index contributed by atoms with van der Waals surface area (Å²) in [5.41, 5.74) is 4.51. The van der Waals surface area contributed by atoms with Crippen LogP contribution in [-0.2, 0) is 19.4 Å². The lowest BCUT2D eigenvalue weighted by Gasteiger charge is -2.08. The number of imidazole rings is 1. The number of hydrogen-bond donors (Lipinski definition) is 0. The van der Waals surface area contributed by atoms with Crippen LogP contribution < -0.4 is 9.30 Å². The highest BCUT2D eigenvalue weighted by Gasteiger charge is 2.27. The van der Waals surface area contributed by atoms with Crippen molar-refractivity contribution in [1.29, 1.82) is 0 Å². The predicted octanol–water partition coefficient (Wildman–Crippen LogP) is 5.90. The maximum absolute atomic E-state index is 12.5. The van der Waals surface area contributed by atoms with E-state index in [1.165, 1.54) is 30.7 Å². The SMILES string of the molecule is Br.CCc1ccc(-n2c(-c3ccc(OC(F)F)cc3)c[n+]3c2CCCCC3)cc1. The second-order valence-corrected chi connectivity index (χ2v) is 7.19. The van der Waals surface area contributed by atoms with Crippen LogP contribution in [0.2, 0.25) is 0 Å². The summed E-state index contributed by atoms with van der Waals surface area (Å²) in [6.45, 7) is 0.356. The minimum absolute atomic E-state index is 0. The van der Waals surface area contributed by atoms with Crippen molar-refractivity contribution in [1.82, 2.24) is 4.57 Å². The van der Waals surface area contributed by atoms with Crippen LogP contribution in [0.1, 0.15) is 37.6 Å². The molecule has 0 radical (unpaired) electrons. The predicted molar refractivity (Wildman–Crippen MR) is 115 cm³/mol. The summed E-state index contributed by atoms with van der Waals surface area (Å²) in [4.78, 5) is 0. The number of ether oxygens (including phenoxy) is 1. The topological polar surface area (TPSA) is 18.0 Å². The molecule has 0 fully saturated rings. The number of nitrogens with zero attached hydrogens (tertiary/aromatic N) is 2. The summed E-state index contributed by atoms with van der Waals surface area (Å²) in [7, 11) is 0. The average molecular weight is 464 g/mol. The zero-order chi connectivity index (χ0) is 19.5. The van der Waals surface area contributed by atoms with E-state index in [0.29, 0.717) is 0 Å². The Bertz CT molecular complexity index is 937. The van der Waals surface area contributed by atoms with Crippen LogP contribution in [0.4, 0.5) is 8.78 Å². The van der Waals surface area contributed by atoms with Crippen molar-refractivity contribution in [3.63, 3.8) is 0 Å². The van der Waals surface area contributed by atoms with Crippen LogP contribution in [0.25, 0.3) is 16.9 Å². The number of hydrogen-bond acceptors (Lipinski definition) is 1. The summed E-state index contributed by atoms with van der Waals surface area (Å²) in [5.74, 6) is 1.48. The van der Waals surface area contributed by atoms with Crippen LogP contribution >= 0.6 is 17.0 Å². The van der Waals surface area contributed by atoms with Crippen LogP contribution in [0, 0.1) is 0 Å². The van der Waals surface area contributed by atoms with Gasteiger partial charge in [0.2, 0.25) is 0 Å². The van der Waals surface area contributed by atoms with E-state index in [4.69, 9.17) is 0 Å². The highest BCUT2D eigenvalue weighted by atomic mass is 79.9. The van der Waals surface area contributed by atoms with E-state index >= 15 is 0 Å². The van der Waals surface area contributed by atoms with Crippen molar-refractivity contribution in [3.05, 3.63) is 66.1 Å². The molecule has 154 valence electrons. The minimum atomic E-state index is -2.81. The van der Waals surface area contributed by atoms with Gasteiger partial charge in [-0.1, -0.05) is 19.1 Å². The third-order valence-corrected chi connectivity index (χ3v) is 5.39. The summed E-state index contributed by atoms with van der Waals surface area (Å²) in [5, 5.41) is 0. The third-order valence-electron chi connectivity index (χ3n) is 5.39. The lowest BCUT2D eigenvalue weighted by Crippen LogP contribution is -2.35. The summed E-state index contributed by atoms with van der Waals surface area (Å²) >= 11 is 0. The molecule has 0 aliphatic carbocycles. The molecule has 0 N–H and O–H groups in total. The monoisotopic (exact) mass is 463 g/mol. The van der Waals surface area contributed by atoms with Crippen molar-refractivity contribution in [3.8, 4) is 22.7 Å². The average Bonchev–Trinajstić information content (AvgIpc) is 2.90. The lowest BCUT2D eigenvalue weighted by atomic mass is 10.1. The molecule has 2 heterocycles. The van der Waals surface area contributed by atoms with Crippen LogP contribution in [-0.4, -0.2) is 11.2 Å². The second kappa shape index (κ2) is 9.53. The molecule has 4 rings (SSSR count). The van der Waals surface area contributed by atoms with Gasteiger partial charge in [-0.2, -0.15) is 13.3 Å². The number of fused-ring (bicyclic) bond motifs is 1. The molecule has 29 heavy (non-hydrogen) atoms. The van der Waals surface area contributed by atoms with Gasteiger partial charge in [0.1, 0.15) is 17.6 Å². The number of halogens is 3. The Morgan fingerprint density at radius 2 is 1.72 bits per heavy atom. The van der Waals surface area contributed by atoms with E-state index in [2.05, 4.69) is 51.3 Å². The fourth-order valence-electron chi connectivity index (χ4n) is 3.92. The number of aryl methyl sites for hydroxylation is 2. The molecule has 3 aromatic rings. The smallest absolute Gasteiger partial charge is 0.387 e. The first kappa shape index (κ1) is 21.5. The van der Waals surface area contributed by atoms with Gasteiger partial charge in [0.15, 0.2) is 5.69 Å². The Morgan fingerprint density at radius 3 is 2.38 bits per heavy atom. The Morgan fingerprint density at radius 1 is 1.00 bits per heavy atom. The zero-order valence-corrected chi connectivity index (χ0v) is 18.2. The van der Waals surface area contributed by atoms with E-state index in [0.717, 1.165) is 36.3 Å². The Labute approximate surface area is 180 Å². The first-order valence-electron chi connectivity index (χ1n) is 9.94. The molecule has 1 aliphatic rings. The minimum Gasteiger partial charge on any atom is -0.435 e. The van der Waals surface area contributed by atoms with Gasteiger partial charge in [-0.05, 0) is 67.6 Å². The highest BCUT2D eigenvalue weighted by molar-refractivity contribution is 8.93. The van der Waals surface area contributed by atoms with Gasteiger partial charge in [0, 0.05) is 12.0 Å². The van der Waals surface area contributed by atoms with Crippen molar-refractivity contribution in [2.75, 3.05) is 0 Å². The molecule has 1 aromatic heterocycles. The van der Waals surface area contributed by atoms with E-state index in [-0.39, 0.29) is 22.7 Å². The number of aromatic nitrogens is 2. The molecular weight excluding hydrogens is 438 g/mol. The van der Waals surface area contributed by atoms with Gasteiger partial charge in [0.05, 0.1) is 6.54 Å². The van der Waals surface area contributed by atoms with Crippen LogP contribution in [0.3, 0.4) is 0 Å². The van der Waals surface area contributed by atoms with Gasteiger partial charge < -0.3 is 4.74 Å². The maximum atomic E-state index is 12.5.